The van der Waals surface area contributed by atoms with Crippen LogP contribution in [0.3, 0.4) is 0 Å². The minimum atomic E-state index is 0.354. The highest BCUT2D eigenvalue weighted by Gasteiger charge is 1.78. The zero-order valence-corrected chi connectivity index (χ0v) is 5.02. The number of hydrogen-bond donors (Lipinski definition) is 0. The van der Waals surface area contributed by atoms with Gasteiger partial charge >= 0.3 is 6.47 Å². The first-order valence-electron chi connectivity index (χ1n) is 2.16. The van der Waals surface area contributed by atoms with Crippen molar-refractivity contribution in [3.05, 3.63) is 11.6 Å². The summed E-state index contributed by atoms with van der Waals surface area (Å²) >= 11 is 5.15. The van der Waals surface area contributed by atoms with E-state index in [1.807, 2.05) is 0 Å². The predicted molar refractivity (Wildman–Crippen MR) is 31.3 cm³/mol. The Bertz CT molecular complexity index is 80.5. The Kier molecular flexibility index (Phi) is 6.09. The lowest BCUT2D eigenvalue weighted by molar-refractivity contribution is 0.284. The second kappa shape index (κ2) is 6.50. The third-order valence-electron chi connectivity index (χ3n) is 0.535. The van der Waals surface area contributed by atoms with Crippen LogP contribution in [0.15, 0.2) is 11.6 Å². The van der Waals surface area contributed by atoms with E-state index in [-0.39, 0.29) is 0 Å². The Morgan fingerprint density at radius 3 is 3.00 bits per heavy atom. The molecule has 45 valence electrons. The van der Waals surface area contributed by atoms with Crippen molar-refractivity contribution in [2.45, 2.75) is 6.42 Å². The van der Waals surface area contributed by atoms with Crippen molar-refractivity contribution < 1.29 is 9.53 Å². The minimum absolute atomic E-state index is 0.354. The average molecular weight is 134 g/mol. The molecule has 0 heterocycles. The van der Waals surface area contributed by atoms with E-state index in [4.69, 9.17) is 11.6 Å². The summed E-state index contributed by atoms with van der Waals surface area (Å²) in [6, 6.07) is 0. The molecular formula is C5H6ClO2. The van der Waals surface area contributed by atoms with Gasteiger partial charge in [-0.3, -0.25) is 0 Å². The first kappa shape index (κ1) is 7.50. The molecule has 0 aromatic rings. The minimum Gasteiger partial charge on any atom is -0.457 e. The molecule has 0 N–H and O–H groups in total. The molecule has 0 atom stereocenters. The molecule has 0 aromatic carbocycles. The van der Waals surface area contributed by atoms with Gasteiger partial charge in [0.1, 0.15) is 0 Å². The van der Waals surface area contributed by atoms with Gasteiger partial charge < -0.3 is 4.74 Å². The summed E-state index contributed by atoms with van der Waals surface area (Å²) in [7, 11) is 0. The van der Waals surface area contributed by atoms with Crippen LogP contribution in [0.4, 0.5) is 0 Å². The molecule has 0 unspecified atom stereocenters. The van der Waals surface area contributed by atoms with E-state index in [2.05, 4.69) is 4.74 Å². The van der Waals surface area contributed by atoms with Gasteiger partial charge in [0.15, 0.2) is 0 Å². The van der Waals surface area contributed by atoms with Gasteiger partial charge in [0, 0.05) is 12.0 Å². The van der Waals surface area contributed by atoms with Crippen molar-refractivity contribution in [3.63, 3.8) is 0 Å². The second-order valence-electron chi connectivity index (χ2n) is 1.08. The zero-order chi connectivity index (χ0) is 6.24. The fourth-order valence-corrected chi connectivity index (χ4v) is 0.358. The highest BCUT2D eigenvalue weighted by atomic mass is 35.5. The lowest BCUT2D eigenvalue weighted by Crippen LogP contribution is -1.87. The molecule has 0 aliphatic heterocycles. The van der Waals surface area contributed by atoms with Crippen LogP contribution in [0.1, 0.15) is 6.42 Å². The van der Waals surface area contributed by atoms with E-state index in [0.29, 0.717) is 13.0 Å². The number of halogens is 1. The molecule has 0 saturated heterocycles. The van der Waals surface area contributed by atoms with Crippen molar-refractivity contribution in [2.24, 2.45) is 0 Å². The predicted octanol–water partition coefficient (Wildman–Crippen LogP) is 1.21. The maximum absolute atomic E-state index is 9.36. The number of hydrogen-bond acceptors (Lipinski definition) is 2. The second-order valence-corrected chi connectivity index (χ2v) is 1.33. The van der Waals surface area contributed by atoms with Crippen molar-refractivity contribution in [3.8, 4) is 0 Å². The van der Waals surface area contributed by atoms with Gasteiger partial charge in [-0.25, -0.2) is 4.79 Å². The van der Waals surface area contributed by atoms with Crippen LogP contribution in [0, 0.1) is 0 Å². The maximum atomic E-state index is 9.36. The topological polar surface area (TPSA) is 26.3 Å². The summed E-state index contributed by atoms with van der Waals surface area (Å²) in [5.74, 6) is 0. The summed E-state index contributed by atoms with van der Waals surface area (Å²) in [5.41, 5.74) is 1.38. The Labute approximate surface area is 53.1 Å². The molecule has 0 amide bonds. The van der Waals surface area contributed by atoms with Crippen molar-refractivity contribution in [1.29, 1.82) is 0 Å². The van der Waals surface area contributed by atoms with Gasteiger partial charge in [-0.2, -0.15) is 0 Å². The summed E-state index contributed by atoms with van der Waals surface area (Å²) in [6.07, 6.45) is 2.34. The van der Waals surface area contributed by atoms with E-state index < -0.39 is 0 Å². The van der Waals surface area contributed by atoms with E-state index in [0.717, 1.165) is 0 Å². The van der Waals surface area contributed by atoms with Gasteiger partial charge in [0.25, 0.3) is 0 Å². The highest BCUT2D eigenvalue weighted by Crippen LogP contribution is 1.84. The van der Waals surface area contributed by atoms with E-state index in [1.165, 1.54) is 12.0 Å². The Morgan fingerprint density at radius 2 is 2.50 bits per heavy atom. The smallest absolute Gasteiger partial charge is 0.417 e. The average Bonchev–Trinajstić information content (AvgIpc) is 1.81. The molecule has 0 bridgehead atoms. The Balaban J connectivity index is 2.82. The first-order valence-corrected chi connectivity index (χ1v) is 2.59. The first-order chi connectivity index (χ1) is 3.91. The van der Waals surface area contributed by atoms with Crippen LogP contribution < -0.4 is 0 Å². The Morgan fingerprint density at radius 1 is 1.75 bits per heavy atom. The van der Waals surface area contributed by atoms with Gasteiger partial charge in [-0.15, -0.1) is 0 Å². The number of rotatable bonds is 4. The Hall–Kier alpha value is -0.500. The van der Waals surface area contributed by atoms with Crippen LogP contribution in [-0.4, -0.2) is 13.1 Å². The molecule has 3 heteroatoms. The summed E-state index contributed by atoms with van der Waals surface area (Å²) < 4.78 is 4.22. The SMILES string of the molecule is O=[C]OCCC=CCl. The molecule has 1 radical (unpaired) electrons. The molecule has 2 nitrogen and oxygen atoms in total. The molecule has 0 aromatic heterocycles. The van der Waals surface area contributed by atoms with E-state index in [1.54, 1.807) is 6.08 Å². The molecule has 0 saturated carbocycles. The van der Waals surface area contributed by atoms with Gasteiger partial charge in [0.2, 0.25) is 0 Å². The monoisotopic (exact) mass is 133 g/mol. The molecular weight excluding hydrogens is 128 g/mol. The quantitative estimate of drug-likeness (QED) is 0.539. The number of carbonyl (C=O) groups excluding carboxylic acids is 1. The summed E-state index contributed by atoms with van der Waals surface area (Å²) in [6.45, 7) is 1.65. The summed E-state index contributed by atoms with van der Waals surface area (Å²) in [5, 5.41) is 0. The largest absolute Gasteiger partial charge is 0.457 e. The molecule has 0 aliphatic carbocycles. The molecule has 0 spiro atoms. The van der Waals surface area contributed by atoms with Crippen LogP contribution in [0.5, 0.6) is 0 Å². The van der Waals surface area contributed by atoms with Crippen LogP contribution in [-0.2, 0) is 9.53 Å². The van der Waals surface area contributed by atoms with Crippen LogP contribution in [0.25, 0.3) is 0 Å². The molecule has 8 heavy (non-hydrogen) atoms. The highest BCUT2D eigenvalue weighted by molar-refractivity contribution is 6.25. The number of ether oxygens (including phenoxy) is 1. The summed E-state index contributed by atoms with van der Waals surface area (Å²) in [4.78, 5) is 9.36. The van der Waals surface area contributed by atoms with Crippen molar-refractivity contribution in [1.82, 2.24) is 0 Å². The van der Waals surface area contributed by atoms with Crippen LogP contribution >= 0.6 is 11.6 Å². The van der Waals surface area contributed by atoms with E-state index >= 15 is 0 Å². The van der Waals surface area contributed by atoms with Crippen molar-refractivity contribution in [2.75, 3.05) is 6.61 Å². The zero-order valence-electron chi connectivity index (χ0n) is 4.26. The van der Waals surface area contributed by atoms with Gasteiger partial charge in [-0.05, 0) is 0 Å². The standard InChI is InChI=1S/C5H6ClO2/c6-3-1-2-4-8-5-7/h1,3H,2,4H2. The maximum Gasteiger partial charge on any atom is 0.417 e. The fourth-order valence-electron chi connectivity index (χ4n) is 0.232. The van der Waals surface area contributed by atoms with Crippen LogP contribution in [0.2, 0.25) is 0 Å². The normalized spacial score (nSPS) is 9.62. The third kappa shape index (κ3) is 5.50. The lowest BCUT2D eigenvalue weighted by atomic mass is 10.5. The molecule has 0 rings (SSSR count). The van der Waals surface area contributed by atoms with Gasteiger partial charge in [-0.1, -0.05) is 17.7 Å². The van der Waals surface area contributed by atoms with Gasteiger partial charge in [0.05, 0.1) is 6.61 Å². The third-order valence-corrected chi connectivity index (χ3v) is 0.713. The molecule has 0 fully saturated rings. The molecule has 0 aliphatic rings. The lowest BCUT2D eigenvalue weighted by Gasteiger charge is -1.87. The van der Waals surface area contributed by atoms with Crippen molar-refractivity contribution >= 4 is 18.1 Å². The van der Waals surface area contributed by atoms with E-state index in [9.17, 15) is 4.79 Å². The fraction of sp³-hybridized carbons (Fsp3) is 0.400.